The Labute approximate surface area is 102 Å². The smallest absolute Gasteiger partial charge is 0.220 e. The van der Waals surface area contributed by atoms with Crippen molar-refractivity contribution in [2.75, 3.05) is 24.6 Å². The zero-order valence-electron chi connectivity index (χ0n) is 10.2. The summed E-state index contributed by atoms with van der Waals surface area (Å²) in [6.07, 6.45) is 2.06. The minimum atomic E-state index is -2.95. The first-order valence-corrected chi connectivity index (χ1v) is 7.93. The highest BCUT2D eigenvalue weighted by molar-refractivity contribution is 7.91. The summed E-state index contributed by atoms with van der Waals surface area (Å²) in [4.78, 5) is 11.8. The van der Waals surface area contributed by atoms with Gasteiger partial charge in [-0.2, -0.15) is 0 Å². The predicted octanol–water partition coefficient (Wildman–Crippen LogP) is -0.321. The summed E-state index contributed by atoms with van der Waals surface area (Å²) in [6.45, 7) is 3.69. The number of carbonyl (C=O) groups is 1. The number of hydrogen-bond donors (Lipinski definition) is 2. The zero-order valence-corrected chi connectivity index (χ0v) is 11.0. The van der Waals surface area contributed by atoms with E-state index in [1.54, 1.807) is 0 Å². The predicted molar refractivity (Wildman–Crippen MR) is 65.4 cm³/mol. The van der Waals surface area contributed by atoms with Gasteiger partial charge in [-0.25, -0.2) is 8.42 Å². The average molecular weight is 260 g/mol. The van der Waals surface area contributed by atoms with E-state index in [-0.39, 0.29) is 17.4 Å². The summed E-state index contributed by atoms with van der Waals surface area (Å²) in [5.74, 6) is 0.651. The third-order valence-electron chi connectivity index (χ3n) is 3.58. The van der Waals surface area contributed by atoms with Crippen LogP contribution in [-0.4, -0.2) is 44.5 Å². The summed E-state index contributed by atoms with van der Waals surface area (Å²) in [5, 5.41) is 6.11. The summed E-state index contributed by atoms with van der Waals surface area (Å²) in [7, 11) is -2.95. The Kier molecular flexibility index (Phi) is 3.45. The molecule has 98 valence electrons. The van der Waals surface area contributed by atoms with Crippen molar-refractivity contribution in [3.8, 4) is 0 Å². The molecule has 2 fully saturated rings. The molecule has 2 N–H and O–H groups in total. The zero-order chi connectivity index (χ0) is 12.5. The second kappa shape index (κ2) is 4.57. The van der Waals surface area contributed by atoms with Crippen molar-refractivity contribution in [3.05, 3.63) is 0 Å². The maximum absolute atomic E-state index is 11.8. The van der Waals surface area contributed by atoms with Crippen LogP contribution in [0.1, 0.15) is 26.2 Å². The van der Waals surface area contributed by atoms with Gasteiger partial charge in [-0.3, -0.25) is 4.79 Å². The van der Waals surface area contributed by atoms with Crippen LogP contribution in [-0.2, 0) is 14.6 Å². The lowest BCUT2D eigenvalue weighted by Gasteiger charge is -2.24. The van der Waals surface area contributed by atoms with Crippen LogP contribution in [0.15, 0.2) is 0 Å². The molecule has 6 heteroatoms. The number of sulfone groups is 1. The Morgan fingerprint density at radius 3 is 2.82 bits per heavy atom. The highest BCUT2D eigenvalue weighted by Gasteiger charge is 2.39. The molecule has 0 aromatic rings. The molecular weight excluding hydrogens is 240 g/mol. The molecule has 0 radical (unpaired) electrons. The molecule has 2 rings (SSSR count). The monoisotopic (exact) mass is 260 g/mol. The van der Waals surface area contributed by atoms with Crippen molar-refractivity contribution in [1.82, 2.24) is 10.6 Å². The normalized spacial score (nSPS) is 35.9. The van der Waals surface area contributed by atoms with Gasteiger partial charge in [-0.05, 0) is 38.8 Å². The lowest BCUT2D eigenvalue weighted by Crippen LogP contribution is -2.47. The van der Waals surface area contributed by atoms with Crippen LogP contribution >= 0.6 is 0 Å². The Bertz CT molecular complexity index is 401. The van der Waals surface area contributed by atoms with E-state index in [1.807, 2.05) is 6.92 Å². The fourth-order valence-corrected chi connectivity index (χ4v) is 4.74. The van der Waals surface area contributed by atoms with Crippen LogP contribution in [0.5, 0.6) is 0 Å². The standard InChI is InChI=1S/C11H20N2O3S/c1-11(3-5-17(15,16)8-11)13-10(14)6-9-2-4-12-7-9/h9,12H,2-8H2,1H3,(H,13,14). The topological polar surface area (TPSA) is 75.3 Å². The highest BCUT2D eigenvalue weighted by Crippen LogP contribution is 2.23. The van der Waals surface area contributed by atoms with Crippen LogP contribution in [0, 0.1) is 5.92 Å². The van der Waals surface area contributed by atoms with E-state index in [9.17, 15) is 13.2 Å². The largest absolute Gasteiger partial charge is 0.350 e. The van der Waals surface area contributed by atoms with Crippen molar-refractivity contribution in [2.45, 2.75) is 31.7 Å². The molecule has 0 bridgehead atoms. The number of nitrogens with one attached hydrogen (secondary N) is 2. The average Bonchev–Trinajstić information content (AvgIpc) is 2.74. The molecule has 2 heterocycles. The van der Waals surface area contributed by atoms with Gasteiger partial charge in [0, 0.05) is 6.42 Å². The van der Waals surface area contributed by atoms with E-state index in [2.05, 4.69) is 10.6 Å². The fraction of sp³-hybridized carbons (Fsp3) is 0.909. The second-order valence-electron chi connectivity index (χ2n) is 5.51. The first-order chi connectivity index (χ1) is 7.89. The third kappa shape index (κ3) is 3.42. The summed E-state index contributed by atoms with van der Waals surface area (Å²) < 4.78 is 22.8. The van der Waals surface area contributed by atoms with Crippen molar-refractivity contribution in [2.24, 2.45) is 5.92 Å². The van der Waals surface area contributed by atoms with Gasteiger partial charge < -0.3 is 10.6 Å². The van der Waals surface area contributed by atoms with Gasteiger partial charge in [-0.1, -0.05) is 0 Å². The van der Waals surface area contributed by atoms with Crippen LogP contribution in [0.4, 0.5) is 0 Å². The minimum absolute atomic E-state index is 0.0155. The molecule has 2 aliphatic heterocycles. The summed E-state index contributed by atoms with van der Waals surface area (Å²) in [5.41, 5.74) is -0.554. The SMILES string of the molecule is CC1(NC(=O)CC2CCNC2)CCS(=O)(=O)C1. The highest BCUT2D eigenvalue weighted by atomic mass is 32.2. The molecule has 2 aliphatic rings. The number of carbonyl (C=O) groups excluding carboxylic acids is 1. The van der Waals surface area contributed by atoms with Crippen molar-refractivity contribution >= 4 is 15.7 Å². The van der Waals surface area contributed by atoms with E-state index < -0.39 is 15.4 Å². The molecule has 2 saturated heterocycles. The van der Waals surface area contributed by atoms with Gasteiger partial charge in [0.2, 0.25) is 5.91 Å². The summed E-state index contributed by atoms with van der Waals surface area (Å²) >= 11 is 0. The second-order valence-corrected chi connectivity index (χ2v) is 7.70. The van der Waals surface area contributed by atoms with Crippen LogP contribution < -0.4 is 10.6 Å². The van der Waals surface area contributed by atoms with Crippen molar-refractivity contribution in [1.29, 1.82) is 0 Å². The van der Waals surface area contributed by atoms with Gasteiger partial charge in [0.1, 0.15) is 0 Å². The Hall–Kier alpha value is -0.620. The number of hydrogen-bond acceptors (Lipinski definition) is 4. The van der Waals surface area contributed by atoms with Crippen LogP contribution in [0.2, 0.25) is 0 Å². The van der Waals surface area contributed by atoms with Gasteiger partial charge in [-0.15, -0.1) is 0 Å². The van der Waals surface area contributed by atoms with Gasteiger partial charge in [0.05, 0.1) is 17.0 Å². The number of amides is 1. The van der Waals surface area contributed by atoms with E-state index in [0.717, 1.165) is 19.5 Å². The van der Waals surface area contributed by atoms with Gasteiger partial charge in [0.25, 0.3) is 0 Å². The molecule has 0 aliphatic carbocycles. The molecule has 5 nitrogen and oxygen atoms in total. The molecule has 17 heavy (non-hydrogen) atoms. The first-order valence-electron chi connectivity index (χ1n) is 6.11. The van der Waals surface area contributed by atoms with Crippen molar-refractivity contribution in [3.63, 3.8) is 0 Å². The Balaban J connectivity index is 1.86. The van der Waals surface area contributed by atoms with Crippen LogP contribution in [0.3, 0.4) is 0 Å². The minimum Gasteiger partial charge on any atom is -0.350 e. The molecule has 0 spiro atoms. The molecule has 2 unspecified atom stereocenters. The van der Waals surface area contributed by atoms with Gasteiger partial charge >= 0.3 is 0 Å². The van der Waals surface area contributed by atoms with Crippen molar-refractivity contribution < 1.29 is 13.2 Å². The lowest BCUT2D eigenvalue weighted by molar-refractivity contribution is -0.123. The maximum Gasteiger partial charge on any atom is 0.220 e. The molecular formula is C11H20N2O3S. The fourth-order valence-electron chi connectivity index (χ4n) is 2.65. The quantitative estimate of drug-likeness (QED) is 0.729. The Morgan fingerprint density at radius 1 is 1.53 bits per heavy atom. The number of rotatable bonds is 3. The molecule has 0 aromatic carbocycles. The summed E-state index contributed by atoms with van der Waals surface area (Å²) in [6, 6.07) is 0. The molecule has 0 saturated carbocycles. The third-order valence-corrected chi connectivity index (χ3v) is 5.48. The Morgan fingerprint density at radius 2 is 2.29 bits per heavy atom. The van der Waals surface area contributed by atoms with E-state index >= 15 is 0 Å². The first kappa shape index (κ1) is 12.8. The molecule has 1 amide bonds. The lowest BCUT2D eigenvalue weighted by atomic mass is 9.99. The van der Waals surface area contributed by atoms with Crippen LogP contribution in [0.25, 0.3) is 0 Å². The molecule has 2 atom stereocenters. The molecule has 0 aromatic heterocycles. The van der Waals surface area contributed by atoms with E-state index in [0.29, 0.717) is 18.8 Å². The maximum atomic E-state index is 11.8. The van der Waals surface area contributed by atoms with Gasteiger partial charge in [0.15, 0.2) is 9.84 Å². The van der Waals surface area contributed by atoms with E-state index in [4.69, 9.17) is 0 Å². The van der Waals surface area contributed by atoms with E-state index in [1.165, 1.54) is 0 Å².